The maximum Gasteiger partial charge on any atom is 0.418 e. The van der Waals surface area contributed by atoms with E-state index in [1.807, 2.05) is 0 Å². The Morgan fingerprint density at radius 1 is 1.11 bits per heavy atom. The third kappa shape index (κ3) is 3.83. The maximum absolute atomic E-state index is 13.4. The summed E-state index contributed by atoms with van der Waals surface area (Å²) >= 11 is 7.02. The van der Waals surface area contributed by atoms with Gasteiger partial charge in [-0.25, -0.2) is 4.68 Å². The van der Waals surface area contributed by atoms with E-state index in [0.717, 1.165) is 36.4 Å². The van der Waals surface area contributed by atoms with Crippen molar-refractivity contribution in [2.45, 2.75) is 48.8 Å². The van der Waals surface area contributed by atoms with Crippen LogP contribution >= 0.6 is 23.4 Å². The lowest BCUT2D eigenvalue weighted by atomic mass is 10.1. The van der Waals surface area contributed by atoms with Crippen molar-refractivity contribution in [3.05, 3.63) is 34.6 Å². The molecule has 0 saturated heterocycles. The standard InChI is InChI=1S/C15H14ClF3N8S/c16-9-5-6-12(11(7-9)15(17,18)19)27-13(20-22-25-27)8-28-14-21-23-24-26(14)10-3-1-2-4-10/h5-7,10H,1-4,8H2. The highest BCUT2D eigenvalue weighted by molar-refractivity contribution is 7.98. The number of nitrogens with zero attached hydrogens (tertiary/aromatic N) is 8. The largest absolute Gasteiger partial charge is 0.418 e. The van der Waals surface area contributed by atoms with E-state index in [4.69, 9.17) is 11.6 Å². The Morgan fingerprint density at radius 3 is 2.61 bits per heavy atom. The van der Waals surface area contributed by atoms with Crippen LogP contribution in [0.4, 0.5) is 13.2 Å². The summed E-state index contributed by atoms with van der Waals surface area (Å²) in [6, 6.07) is 3.72. The molecule has 4 rings (SSSR count). The van der Waals surface area contributed by atoms with Crippen LogP contribution in [0.15, 0.2) is 23.4 Å². The molecule has 3 aromatic rings. The molecular weight excluding hydrogens is 417 g/mol. The van der Waals surface area contributed by atoms with E-state index in [1.165, 1.54) is 23.9 Å². The van der Waals surface area contributed by atoms with Gasteiger partial charge in [0.25, 0.3) is 0 Å². The van der Waals surface area contributed by atoms with Gasteiger partial charge in [-0.05, 0) is 51.9 Å². The van der Waals surface area contributed by atoms with Crippen LogP contribution in [-0.2, 0) is 11.9 Å². The van der Waals surface area contributed by atoms with Crippen molar-refractivity contribution in [2.75, 3.05) is 0 Å². The smallest absolute Gasteiger partial charge is 0.217 e. The molecule has 0 aliphatic heterocycles. The number of alkyl halides is 3. The number of halogens is 4. The first-order valence-electron chi connectivity index (χ1n) is 8.48. The van der Waals surface area contributed by atoms with Crippen molar-refractivity contribution >= 4 is 23.4 Å². The topological polar surface area (TPSA) is 87.2 Å². The van der Waals surface area contributed by atoms with Crippen molar-refractivity contribution in [3.63, 3.8) is 0 Å². The normalized spacial score (nSPS) is 15.4. The van der Waals surface area contributed by atoms with E-state index in [-0.39, 0.29) is 28.3 Å². The van der Waals surface area contributed by atoms with Crippen molar-refractivity contribution in [1.82, 2.24) is 40.4 Å². The second kappa shape index (κ2) is 7.66. The highest BCUT2D eigenvalue weighted by atomic mass is 35.5. The molecule has 1 aliphatic carbocycles. The molecule has 1 saturated carbocycles. The van der Waals surface area contributed by atoms with Crippen molar-refractivity contribution in [2.24, 2.45) is 0 Å². The summed E-state index contributed by atoms with van der Waals surface area (Å²) in [5.41, 5.74) is -1.10. The molecule has 1 aromatic carbocycles. The minimum atomic E-state index is -4.59. The van der Waals surface area contributed by atoms with Crippen LogP contribution in [0.2, 0.25) is 5.02 Å². The lowest BCUT2D eigenvalue weighted by Crippen LogP contribution is -2.13. The molecular formula is C15H14ClF3N8S. The number of hydrogen-bond donors (Lipinski definition) is 0. The van der Waals surface area contributed by atoms with Crippen LogP contribution in [0.25, 0.3) is 5.69 Å². The molecule has 0 radical (unpaired) electrons. The Bertz CT molecular complexity index is 966. The molecule has 1 fully saturated rings. The second-order valence-corrected chi connectivity index (χ2v) is 7.68. The van der Waals surface area contributed by atoms with Crippen LogP contribution in [0.1, 0.15) is 43.1 Å². The number of rotatable bonds is 5. The van der Waals surface area contributed by atoms with E-state index in [2.05, 4.69) is 31.1 Å². The molecule has 8 nitrogen and oxygen atoms in total. The molecule has 0 spiro atoms. The lowest BCUT2D eigenvalue weighted by molar-refractivity contribution is -0.137. The highest BCUT2D eigenvalue weighted by Gasteiger charge is 2.35. The highest BCUT2D eigenvalue weighted by Crippen LogP contribution is 2.36. The van der Waals surface area contributed by atoms with Gasteiger partial charge in [0.2, 0.25) is 5.16 Å². The van der Waals surface area contributed by atoms with E-state index in [1.54, 1.807) is 4.68 Å². The average molecular weight is 431 g/mol. The van der Waals surface area contributed by atoms with Crippen LogP contribution < -0.4 is 0 Å². The molecule has 28 heavy (non-hydrogen) atoms. The average Bonchev–Trinajstić information content (AvgIpc) is 3.39. The monoisotopic (exact) mass is 430 g/mol. The second-order valence-electron chi connectivity index (χ2n) is 6.30. The quantitative estimate of drug-likeness (QED) is 0.570. The summed E-state index contributed by atoms with van der Waals surface area (Å²) in [4.78, 5) is 0. The van der Waals surface area contributed by atoms with E-state index < -0.39 is 11.7 Å². The fraction of sp³-hybridized carbons (Fsp3) is 0.467. The van der Waals surface area contributed by atoms with Crippen LogP contribution in [0.5, 0.6) is 0 Å². The molecule has 0 N–H and O–H groups in total. The summed E-state index contributed by atoms with van der Waals surface area (Å²) in [7, 11) is 0. The Balaban J connectivity index is 1.59. The van der Waals surface area contributed by atoms with Gasteiger partial charge < -0.3 is 0 Å². The molecule has 2 heterocycles. The first-order valence-corrected chi connectivity index (χ1v) is 9.85. The first kappa shape index (κ1) is 19.1. The van der Waals surface area contributed by atoms with Gasteiger partial charge in [-0.3, -0.25) is 0 Å². The molecule has 0 bridgehead atoms. The third-order valence-electron chi connectivity index (χ3n) is 4.49. The van der Waals surface area contributed by atoms with Gasteiger partial charge in [0.1, 0.15) is 0 Å². The van der Waals surface area contributed by atoms with E-state index in [9.17, 15) is 13.2 Å². The first-order chi connectivity index (χ1) is 13.4. The predicted molar refractivity (Wildman–Crippen MR) is 94.0 cm³/mol. The number of benzene rings is 1. The molecule has 0 unspecified atom stereocenters. The van der Waals surface area contributed by atoms with Gasteiger partial charge in [0.05, 0.1) is 23.0 Å². The van der Waals surface area contributed by atoms with Gasteiger partial charge in [0.15, 0.2) is 5.82 Å². The van der Waals surface area contributed by atoms with E-state index >= 15 is 0 Å². The SMILES string of the molecule is FC(F)(F)c1cc(Cl)ccc1-n1nnnc1CSc1nnnn1C1CCCC1. The summed E-state index contributed by atoms with van der Waals surface area (Å²) in [5, 5.41) is 23.5. The fourth-order valence-electron chi connectivity index (χ4n) is 3.19. The van der Waals surface area contributed by atoms with Gasteiger partial charge in [-0.15, -0.1) is 10.2 Å². The minimum absolute atomic E-state index is 0.0178. The van der Waals surface area contributed by atoms with Gasteiger partial charge in [-0.1, -0.05) is 36.2 Å². The van der Waals surface area contributed by atoms with Crippen LogP contribution in [0, 0.1) is 0 Å². The number of tetrazole rings is 2. The summed E-state index contributed by atoms with van der Waals surface area (Å²) in [6.07, 6.45) is -0.317. The zero-order valence-electron chi connectivity index (χ0n) is 14.3. The van der Waals surface area contributed by atoms with Crippen LogP contribution in [-0.4, -0.2) is 40.4 Å². The zero-order valence-corrected chi connectivity index (χ0v) is 15.9. The Labute approximate surface area is 166 Å². The van der Waals surface area contributed by atoms with Gasteiger partial charge in [0, 0.05) is 5.02 Å². The molecule has 0 atom stereocenters. The Hall–Kier alpha value is -2.21. The minimum Gasteiger partial charge on any atom is -0.217 e. The Morgan fingerprint density at radius 2 is 1.86 bits per heavy atom. The fourth-order valence-corrected chi connectivity index (χ4v) is 4.21. The van der Waals surface area contributed by atoms with Gasteiger partial charge in [-0.2, -0.15) is 17.9 Å². The van der Waals surface area contributed by atoms with Gasteiger partial charge >= 0.3 is 6.18 Å². The van der Waals surface area contributed by atoms with E-state index in [0.29, 0.717) is 5.16 Å². The number of aromatic nitrogens is 8. The molecule has 148 valence electrons. The zero-order chi connectivity index (χ0) is 19.7. The van der Waals surface area contributed by atoms with Crippen molar-refractivity contribution < 1.29 is 13.2 Å². The Kier molecular flexibility index (Phi) is 5.23. The number of thioether (sulfide) groups is 1. The third-order valence-corrected chi connectivity index (χ3v) is 5.65. The number of hydrogen-bond acceptors (Lipinski definition) is 7. The summed E-state index contributed by atoms with van der Waals surface area (Å²) in [5.74, 6) is 0.457. The molecule has 2 aromatic heterocycles. The summed E-state index contributed by atoms with van der Waals surface area (Å²) < 4.78 is 43.1. The lowest BCUT2D eigenvalue weighted by Gasteiger charge is -2.14. The predicted octanol–water partition coefficient (Wildman–Crippen LogP) is 3.73. The molecule has 13 heteroatoms. The summed E-state index contributed by atoms with van der Waals surface area (Å²) in [6.45, 7) is 0. The van der Waals surface area contributed by atoms with Crippen molar-refractivity contribution in [1.29, 1.82) is 0 Å². The maximum atomic E-state index is 13.4. The molecule has 0 amide bonds. The molecule has 1 aliphatic rings. The van der Waals surface area contributed by atoms with Crippen molar-refractivity contribution in [3.8, 4) is 5.69 Å². The van der Waals surface area contributed by atoms with Crippen LogP contribution in [0.3, 0.4) is 0 Å².